The fraction of sp³-hybridized carbons (Fsp3) is 1.00. The summed E-state index contributed by atoms with van der Waals surface area (Å²) in [6.45, 7) is 9.12. The van der Waals surface area contributed by atoms with E-state index >= 15 is 0 Å². The highest BCUT2D eigenvalue weighted by atomic mass is 16.5. The van der Waals surface area contributed by atoms with Crippen molar-refractivity contribution in [3.63, 3.8) is 0 Å². The smallest absolute Gasteiger partial charge is 0.0588 e. The standard InChI is InChI=1S/C16H31NO/c1-12(2)14-5-4-6-16(8-7-14)17-11-15-9-10-18-13(15)3/h12-17H,4-11H2,1-3H3. The van der Waals surface area contributed by atoms with Crippen LogP contribution < -0.4 is 5.32 Å². The van der Waals surface area contributed by atoms with Gasteiger partial charge in [-0.25, -0.2) is 0 Å². The van der Waals surface area contributed by atoms with Crippen LogP contribution in [0, 0.1) is 17.8 Å². The molecule has 1 heterocycles. The lowest BCUT2D eigenvalue weighted by atomic mass is 9.89. The highest BCUT2D eigenvalue weighted by Gasteiger charge is 2.26. The first-order valence-corrected chi connectivity index (χ1v) is 8.01. The van der Waals surface area contributed by atoms with Crippen LogP contribution in [0.4, 0.5) is 0 Å². The second kappa shape index (κ2) is 6.91. The van der Waals surface area contributed by atoms with Crippen molar-refractivity contribution < 1.29 is 4.74 Å². The number of hydrogen-bond acceptors (Lipinski definition) is 2. The van der Waals surface area contributed by atoms with E-state index < -0.39 is 0 Å². The van der Waals surface area contributed by atoms with Crippen LogP contribution >= 0.6 is 0 Å². The van der Waals surface area contributed by atoms with Gasteiger partial charge in [-0.3, -0.25) is 0 Å². The summed E-state index contributed by atoms with van der Waals surface area (Å²) in [5, 5.41) is 3.81. The second-order valence-electron chi connectivity index (χ2n) is 6.74. The van der Waals surface area contributed by atoms with Crippen LogP contribution in [0.2, 0.25) is 0 Å². The fourth-order valence-corrected chi connectivity index (χ4v) is 3.56. The van der Waals surface area contributed by atoms with Gasteiger partial charge < -0.3 is 10.1 Å². The van der Waals surface area contributed by atoms with Crippen LogP contribution in [0.1, 0.15) is 59.3 Å². The minimum atomic E-state index is 0.465. The topological polar surface area (TPSA) is 21.3 Å². The summed E-state index contributed by atoms with van der Waals surface area (Å²) in [6.07, 6.45) is 8.75. The van der Waals surface area contributed by atoms with Gasteiger partial charge >= 0.3 is 0 Å². The Balaban J connectivity index is 1.70. The largest absolute Gasteiger partial charge is 0.378 e. The number of ether oxygens (including phenoxy) is 1. The number of nitrogens with one attached hydrogen (secondary N) is 1. The van der Waals surface area contributed by atoms with Crippen molar-refractivity contribution in [2.24, 2.45) is 17.8 Å². The Morgan fingerprint density at radius 1 is 1.11 bits per heavy atom. The summed E-state index contributed by atoms with van der Waals surface area (Å²) in [4.78, 5) is 0. The zero-order chi connectivity index (χ0) is 13.0. The Bertz CT molecular complexity index is 241. The maximum Gasteiger partial charge on any atom is 0.0588 e. The Morgan fingerprint density at radius 3 is 2.61 bits per heavy atom. The second-order valence-corrected chi connectivity index (χ2v) is 6.74. The number of hydrogen-bond donors (Lipinski definition) is 1. The van der Waals surface area contributed by atoms with Gasteiger partial charge in [0.25, 0.3) is 0 Å². The van der Waals surface area contributed by atoms with E-state index in [1.165, 1.54) is 38.5 Å². The third-order valence-corrected chi connectivity index (χ3v) is 5.16. The molecular weight excluding hydrogens is 222 g/mol. The molecule has 4 atom stereocenters. The zero-order valence-electron chi connectivity index (χ0n) is 12.5. The molecule has 0 aromatic heterocycles. The molecule has 0 spiro atoms. The Morgan fingerprint density at radius 2 is 1.94 bits per heavy atom. The molecule has 1 aliphatic carbocycles. The highest BCUT2D eigenvalue weighted by Crippen LogP contribution is 2.29. The molecule has 0 amide bonds. The predicted octanol–water partition coefficient (Wildman–Crippen LogP) is 3.61. The van der Waals surface area contributed by atoms with Crippen LogP contribution in [0.5, 0.6) is 0 Å². The molecular formula is C16H31NO. The lowest BCUT2D eigenvalue weighted by molar-refractivity contribution is 0.104. The molecule has 0 aromatic carbocycles. The van der Waals surface area contributed by atoms with E-state index in [0.717, 1.165) is 36.9 Å². The summed E-state index contributed by atoms with van der Waals surface area (Å²) in [7, 11) is 0. The molecule has 2 nitrogen and oxygen atoms in total. The third kappa shape index (κ3) is 3.96. The van der Waals surface area contributed by atoms with E-state index in [4.69, 9.17) is 4.74 Å². The number of rotatable bonds is 4. The van der Waals surface area contributed by atoms with Gasteiger partial charge in [0.2, 0.25) is 0 Å². The van der Waals surface area contributed by atoms with Crippen molar-refractivity contribution in [3.8, 4) is 0 Å². The maximum absolute atomic E-state index is 5.64. The molecule has 1 N–H and O–H groups in total. The average Bonchev–Trinajstić information content (AvgIpc) is 2.62. The third-order valence-electron chi connectivity index (χ3n) is 5.16. The fourth-order valence-electron chi connectivity index (χ4n) is 3.56. The molecule has 0 aromatic rings. The highest BCUT2D eigenvalue weighted by molar-refractivity contribution is 4.80. The molecule has 2 heteroatoms. The molecule has 106 valence electrons. The van der Waals surface area contributed by atoms with Gasteiger partial charge in [0, 0.05) is 19.2 Å². The first-order chi connectivity index (χ1) is 8.66. The van der Waals surface area contributed by atoms with Crippen molar-refractivity contribution in [1.82, 2.24) is 5.32 Å². The summed E-state index contributed by atoms with van der Waals surface area (Å²) in [5.41, 5.74) is 0. The Labute approximate surface area is 113 Å². The van der Waals surface area contributed by atoms with Gasteiger partial charge in [-0.05, 0) is 50.4 Å². The minimum absolute atomic E-state index is 0.465. The molecule has 1 saturated carbocycles. The van der Waals surface area contributed by atoms with Gasteiger partial charge in [0.05, 0.1) is 6.10 Å². The predicted molar refractivity (Wildman–Crippen MR) is 76.7 cm³/mol. The van der Waals surface area contributed by atoms with E-state index in [9.17, 15) is 0 Å². The van der Waals surface area contributed by atoms with Crippen molar-refractivity contribution in [1.29, 1.82) is 0 Å². The quantitative estimate of drug-likeness (QED) is 0.773. The van der Waals surface area contributed by atoms with Crippen LogP contribution in [0.3, 0.4) is 0 Å². The molecule has 2 rings (SSSR count). The molecule has 2 fully saturated rings. The van der Waals surface area contributed by atoms with Crippen molar-refractivity contribution in [3.05, 3.63) is 0 Å². The first-order valence-electron chi connectivity index (χ1n) is 8.01. The van der Waals surface area contributed by atoms with E-state index in [1.54, 1.807) is 0 Å². The molecule has 4 unspecified atom stereocenters. The summed E-state index contributed by atoms with van der Waals surface area (Å²) in [6, 6.07) is 0.765. The maximum atomic E-state index is 5.64. The first kappa shape index (κ1) is 14.3. The molecule has 18 heavy (non-hydrogen) atoms. The van der Waals surface area contributed by atoms with E-state index in [2.05, 4.69) is 26.1 Å². The van der Waals surface area contributed by atoms with Crippen LogP contribution in [0.25, 0.3) is 0 Å². The van der Waals surface area contributed by atoms with Crippen molar-refractivity contribution in [2.75, 3.05) is 13.2 Å². The average molecular weight is 253 g/mol. The van der Waals surface area contributed by atoms with Gasteiger partial charge in [-0.15, -0.1) is 0 Å². The SMILES string of the molecule is CC(C)C1CCCC(NCC2CCOC2C)CC1. The molecule has 1 saturated heterocycles. The van der Waals surface area contributed by atoms with Crippen molar-refractivity contribution >= 4 is 0 Å². The van der Waals surface area contributed by atoms with Gasteiger partial charge in [-0.2, -0.15) is 0 Å². The molecule has 0 radical (unpaired) electrons. The van der Waals surface area contributed by atoms with Crippen LogP contribution in [-0.4, -0.2) is 25.3 Å². The summed E-state index contributed by atoms with van der Waals surface area (Å²) >= 11 is 0. The summed E-state index contributed by atoms with van der Waals surface area (Å²) in [5.74, 6) is 2.58. The normalized spacial score (nSPS) is 38.0. The monoisotopic (exact) mass is 253 g/mol. The van der Waals surface area contributed by atoms with E-state index in [0.29, 0.717) is 6.10 Å². The lowest BCUT2D eigenvalue weighted by Crippen LogP contribution is -2.35. The van der Waals surface area contributed by atoms with Crippen LogP contribution in [-0.2, 0) is 4.74 Å². The zero-order valence-corrected chi connectivity index (χ0v) is 12.5. The lowest BCUT2D eigenvalue weighted by Gasteiger charge is -2.21. The van der Waals surface area contributed by atoms with Gasteiger partial charge in [0.1, 0.15) is 0 Å². The molecule has 0 bridgehead atoms. The van der Waals surface area contributed by atoms with E-state index in [-0.39, 0.29) is 0 Å². The van der Waals surface area contributed by atoms with Crippen molar-refractivity contribution in [2.45, 2.75) is 71.4 Å². The molecule has 2 aliphatic rings. The van der Waals surface area contributed by atoms with Crippen LogP contribution in [0.15, 0.2) is 0 Å². The van der Waals surface area contributed by atoms with Gasteiger partial charge in [0.15, 0.2) is 0 Å². The molecule has 1 aliphatic heterocycles. The Kier molecular flexibility index (Phi) is 5.50. The van der Waals surface area contributed by atoms with E-state index in [1.807, 2.05) is 0 Å². The Hall–Kier alpha value is -0.0800. The minimum Gasteiger partial charge on any atom is -0.378 e. The summed E-state index contributed by atoms with van der Waals surface area (Å²) < 4.78 is 5.64. The van der Waals surface area contributed by atoms with Gasteiger partial charge in [-0.1, -0.05) is 26.7 Å².